The molecule has 0 amide bonds. The molecule has 0 aliphatic rings. The van der Waals surface area contributed by atoms with E-state index in [4.69, 9.17) is 4.74 Å². The number of hydrogen-bond donors (Lipinski definition) is 1. The SMILES string of the molecule is COc1ccccc1CCCNC(C)c1csc2ccccc12. The van der Waals surface area contributed by atoms with E-state index in [2.05, 4.69) is 54.0 Å². The van der Waals surface area contributed by atoms with E-state index in [1.54, 1.807) is 7.11 Å². The molecule has 120 valence electrons. The van der Waals surface area contributed by atoms with E-state index in [0.717, 1.165) is 25.1 Å². The molecule has 3 rings (SSSR count). The van der Waals surface area contributed by atoms with E-state index >= 15 is 0 Å². The number of nitrogens with one attached hydrogen (secondary N) is 1. The molecule has 0 fully saturated rings. The van der Waals surface area contributed by atoms with Gasteiger partial charge in [0, 0.05) is 10.7 Å². The molecule has 2 aromatic carbocycles. The smallest absolute Gasteiger partial charge is 0.122 e. The maximum atomic E-state index is 5.41. The first kappa shape index (κ1) is 16.0. The van der Waals surface area contributed by atoms with Crippen molar-refractivity contribution in [3.63, 3.8) is 0 Å². The standard InChI is InChI=1S/C20H23NOS/c1-15(18-14-23-20-12-6-4-10-17(18)20)21-13-7-9-16-8-3-5-11-19(16)22-2/h3-6,8,10-12,14-15,21H,7,9,13H2,1-2H3. The number of ether oxygens (including phenoxy) is 1. The maximum absolute atomic E-state index is 5.41. The number of aryl methyl sites for hydroxylation is 1. The molecule has 23 heavy (non-hydrogen) atoms. The molecule has 1 aromatic heterocycles. The normalized spacial score (nSPS) is 12.4. The van der Waals surface area contributed by atoms with Gasteiger partial charge >= 0.3 is 0 Å². The highest BCUT2D eigenvalue weighted by Crippen LogP contribution is 2.30. The summed E-state index contributed by atoms with van der Waals surface area (Å²) in [5, 5.41) is 7.31. The third-order valence-electron chi connectivity index (χ3n) is 4.24. The van der Waals surface area contributed by atoms with E-state index in [-0.39, 0.29) is 0 Å². The van der Waals surface area contributed by atoms with Crippen LogP contribution in [0.3, 0.4) is 0 Å². The van der Waals surface area contributed by atoms with Gasteiger partial charge in [0.05, 0.1) is 7.11 Å². The summed E-state index contributed by atoms with van der Waals surface area (Å²) in [6.45, 7) is 3.25. The third-order valence-corrected chi connectivity index (χ3v) is 5.23. The van der Waals surface area contributed by atoms with Crippen LogP contribution in [0.2, 0.25) is 0 Å². The van der Waals surface area contributed by atoms with Gasteiger partial charge in [-0.15, -0.1) is 11.3 Å². The van der Waals surface area contributed by atoms with Gasteiger partial charge in [0.25, 0.3) is 0 Å². The molecule has 1 unspecified atom stereocenters. The Balaban J connectivity index is 1.54. The van der Waals surface area contributed by atoms with Crippen LogP contribution in [-0.2, 0) is 6.42 Å². The van der Waals surface area contributed by atoms with Crippen molar-refractivity contribution in [3.8, 4) is 5.75 Å². The lowest BCUT2D eigenvalue weighted by Crippen LogP contribution is -2.20. The van der Waals surface area contributed by atoms with Gasteiger partial charge in [-0.3, -0.25) is 0 Å². The van der Waals surface area contributed by atoms with Crippen LogP contribution in [0.15, 0.2) is 53.9 Å². The van der Waals surface area contributed by atoms with Gasteiger partial charge in [0.1, 0.15) is 5.75 Å². The van der Waals surface area contributed by atoms with Crippen molar-refractivity contribution in [1.82, 2.24) is 5.32 Å². The summed E-state index contributed by atoms with van der Waals surface area (Å²) in [5.74, 6) is 0.990. The van der Waals surface area contributed by atoms with Crippen molar-refractivity contribution >= 4 is 21.4 Å². The number of methoxy groups -OCH3 is 1. The highest BCUT2D eigenvalue weighted by Gasteiger charge is 2.10. The van der Waals surface area contributed by atoms with Gasteiger partial charge in [-0.1, -0.05) is 36.4 Å². The fourth-order valence-electron chi connectivity index (χ4n) is 2.95. The van der Waals surface area contributed by atoms with Crippen LogP contribution in [-0.4, -0.2) is 13.7 Å². The Morgan fingerprint density at radius 3 is 2.74 bits per heavy atom. The number of para-hydroxylation sites is 1. The van der Waals surface area contributed by atoms with Crippen molar-refractivity contribution in [3.05, 3.63) is 65.0 Å². The molecule has 0 bridgehead atoms. The molecule has 2 nitrogen and oxygen atoms in total. The second-order valence-electron chi connectivity index (χ2n) is 5.78. The molecule has 0 radical (unpaired) electrons. The number of fused-ring (bicyclic) bond motifs is 1. The minimum absolute atomic E-state index is 0.379. The summed E-state index contributed by atoms with van der Waals surface area (Å²) >= 11 is 1.83. The van der Waals surface area contributed by atoms with Crippen molar-refractivity contribution in [2.45, 2.75) is 25.8 Å². The van der Waals surface area contributed by atoms with E-state index in [9.17, 15) is 0 Å². The Morgan fingerprint density at radius 2 is 1.87 bits per heavy atom. The maximum Gasteiger partial charge on any atom is 0.122 e. The lowest BCUT2D eigenvalue weighted by molar-refractivity contribution is 0.408. The van der Waals surface area contributed by atoms with E-state index in [1.807, 2.05) is 23.5 Å². The average molecular weight is 325 g/mol. The summed E-state index contributed by atoms with van der Waals surface area (Å²) in [7, 11) is 1.74. The first-order chi connectivity index (χ1) is 11.3. The molecule has 0 saturated heterocycles. The second-order valence-corrected chi connectivity index (χ2v) is 6.69. The zero-order chi connectivity index (χ0) is 16.1. The van der Waals surface area contributed by atoms with Crippen LogP contribution in [0.1, 0.15) is 30.5 Å². The lowest BCUT2D eigenvalue weighted by Gasteiger charge is -2.14. The van der Waals surface area contributed by atoms with Crippen LogP contribution in [0.5, 0.6) is 5.75 Å². The predicted molar refractivity (Wildman–Crippen MR) is 99.6 cm³/mol. The molecule has 1 heterocycles. The molecular formula is C20H23NOS. The van der Waals surface area contributed by atoms with Crippen molar-refractivity contribution < 1.29 is 4.74 Å². The van der Waals surface area contributed by atoms with Crippen LogP contribution in [0, 0.1) is 0 Å². The largest absolute Gasteiger partial charge is 0.496 e. The molecule has 0 spiro atoms. The van der Waals surface area contributed by atoms with Gasteiger partial charge in [0.2, 0.25) is 0 Å². The number of thiophene rings is 1. The van der Waals surface area contributed by atoms with Gasteiger partial charge in [-0.2, -0.15) is 0 Å². The second kappa shape index (κ2) is 7.62. The fraction of sp³-hybridized carbons (Fsp3) is 0.300. The molecular weight excluding hydrogens is 302 g/mol. The first-order valence-electron chi connectivity index (χ1n) is 8.11. The van der Waals surface area contributed by atoms with Crippen molar-refractivity contribution in [2.75, 3.05) is 13.7 Å². The topological polar surface area (TPSA) is 21.3 Å². The molecule has 3 aromatic rings. The van der Waals surface area contributed by atoms with E-state index in [1.165, 1.54) is 21.2 Å². The summed E-state index contributed by atoms with van der Waals surface area (Å²) in [4.78, 5) is 0. The quantitative estimate of drug-likeness (QED) is 0.603. The third kappa shape index (κ3) is 3.74. The Morgan fingerprint density at radius 1 is 1.09 bits per heavy atom. The number of rotatable bonds is 7. The lowest BCUT2D eigenvalue weighted by atomic mass is 10.1. The molecule has 0 aliphatic carbocycles. The Kier molecular flexibility index (Phi) is 5.31. The van der Waals surface area contributed by atoms with Gasteiger partial charge in [-0.25, -0.2) is 0 Å². The average Bonchev–Trinajstić information content (AvgIpc) is 3.03. The highest BCUT2D eigenvalue weighted by molar-refractivity contribution is 7.17. The summed E-state index contributed by atoms with van der Waals surface area (Å²) in [5.41, 5.74) is 2.69. The summed E-state index contributed by atoms with van der Waals surface area (Å²) in [6, 6.07) is 17.3. The van der Waals surface area contributed by atoms with Crippen LogP contribution >= 0.6 is 11.3 Å². The van der Waals surface area contributed by atoms with Gasteiger partial charge < -0.3 is 10.1 Å². The molecule has 3 heteroatoms. The first-order valence-corrected chi connectivity index (χ1v) is 8.99. The Bertz CT molecular complexity index is 765. The molecule has 0 aliphatic heterocycles. The van der Waals surface area contributed by atoms with Crippen molar-refractivity contribution in [2.24, 2.45) is 0 Å². The van der Waals surface area contributed by atoms with E-state index in [0.29, 0.717) is 6.04 Å². The van der Waals surface area contributed by atoms with Gasteiger partial charge in [-0.05, 0) is 60.3 Å². The summed E-state index contributed by atoms with van der Waals surface area (Å²) in [6.07, 6.45) is 2.14. The minimum atomic E-state index is 0.379. The molecule has 1 N–H and O–H groups in total. The monoisotopic (exact) mass is 325 g/mol. The van der Waals surface area contributed by atoms with Crippen LogP contribution < -0.4 is 10.1 Å². The zero-order valence-electron chi connectivity index (χ0n) is 13.7. The number of benzene rings is 2. The zero-order valence-corrected chi connectivity index (χ0v) is 14.5. The highest BCUT2D eigenvalue weighted by atomic mass is 32.1. The number of hydrogen-bond acceptors (Lipinski definition) is 3. The predicted octanol–water partition coefficient (Wildman–Crippen LogP) is 5.19. The summed E-state index contributed by atoms with van der Waals surface area (Å²) < 4.78 is 6.78. The van der Waals surface area contributed by atoms with E-state index < -0.39 is 0 Å². The van der Waals surface area contributed by atoms with Gasteiger partial charge in [0.15, 0.2) is 0 Å². The molecule has 1 atom stereocenters. The Hall–Kier alpha value is -1.84. The van der Waals surface area contributed by atoms with Crippen molar-refractivity contribution in [1.29, 1.82) is 0 Å². The molecule has 0 saturated carbocycles. The Labute approximate surface area is 142 Å². The minimum Gasteiger partial charge on any atom is -0.496 e. The fourth-order valence-corrected chi connectivity index (χ4v) is 4.01. The van der Waals surface area contributed by atoms with Crippen LogP contribution in [0.25, 0.3) is 10.1 Å². The van der Waals surface area contributed by atoms with Crippen LogP contribution in [0.4, 0.5) is 0 Å².